The van der Waals surface area contributed by atoms with Gasteiger partial charge in [-0.1, -0.05) is 13.8 Å². The van der Waals surface area contributed by atoms with Gasteiger partial charge in [-0.05, 0) is 5.92 Å². The number of thiazole rings is 1. The quantitative estimate of drug-likeness (QED) is 0.861. The Kier molecular flexibility index (Phi) is 3.84. The summed E-state index contributed by atoms with van der Waals surface area (Å²) in [6, 6.07) is -0.865. The highest BCUT2D eigenvalue weighted by Gasteiger charge is 2.23. The van der Waals surface area contributed by atoms with Gasteiger partial charge in [0.15, 0.2) is 4.96 Å². The molecule has 0 aliphatic heterocycles. The molecule has 0 bridgehead atoms. The van der Waals surface area contributed by atoms with Gasteiger partial charge in [0, 0.05) is 17.8 Å². The molecule has 0 fully saturated rings. The summed E-state index contributed by atoms with van der Waals surface area (Å²) in [6.45, 7) is 3.51. The number of nitrogens with one attached hydrogen (secondary N) is 1. The van der Waals surface area contributed by atoms with E-state index in [-0.39, 0.29) is 18.2 Å². The molecular weight excluding hydrogens is 266 g/mol. The average Bonchev–Trinajstić information content (AvgIpc) is 2.85. The Labute approximate surface area is 114 Å². The van der Waals surface area contributed by atoms with Gasteiger partial charge in [0.05, 0.1) is 12.1 Å². The lowest BCUT2D eigenvalue weighted by atomic mass is 10.0. The topological polar surface area (TPSA) is 83.7 Å². The zero-order valence-corrected chi connectivity index (χ0v) is 11.5. The summed E-state index contributed by atoms with van der Waals surface area (Å²) >= 11 is 1.48. The molecule has 0 saturated heterocycles. The van der Waals surface area contributed by atoms with Crippen LogP contribution in [0.4, 0.5) is 0 Å². The molecule has 6 nitrogen and oxygen atoms in total. The molecule has 1 atom stereocenters. The van der Waals surface area contributed by atoms with Crippen molar-refractivity contribution in [1.82, 2.24) is 14.7 Å². The van der Waals surface area contributed by atoms with Gasteiger partial charge in [0.2, 0.25) is 5.91 Å². The third-order valence-electron chi connectivity index (χ3n) is 2.73. The van der Waals surface area contributed by atoms with Crippen LogP contribution in [0.3, 0.4) is 0 Å². The number of rotatable bonds is 5. The van der Waals surface area contributed by atoms with Gasteiger partial charge in [0.1, 0.15) is 6.04 Å². The van der Waals surface area contributed by atoms with Crippen molar-refractivity contribution >= 4 is 28.2 Å². The van der Waals surface area contributed by atoms with Crippen LogP contribution in [0.25, 0.3) is 4.96 Å². The first-order valence-corrected chi connectivity index (χ1v) is 6.78. The van der Waals surface area contributed by atoms with Crippen molar-refractivity contribution in [3.63, 3.8) is 0 Å². The fourth-order valence-corrected chi connectivity index (χ4v) is 2.48. The number of carbonyl (C=O) groups excluding carboxylic acids is 1. The van der Waals surface area contributed by atoms with Crippen LogP contribution in [0.15, 0.2) is 17.8 Å². The fraction of sp³-hybridized carbons (Fsp3) is 0.417. The minimum atomic E-state index is -1.02. The van der Waals surface area contributed by atoms with Gasteiger partial charge in [-0.25, -0.2) is 9.78 Å². The number of hydrogen-bond donors (Lipinski definition) is 2. The maximum atomic E-state index is 11.8. The molecular formula is C12H15N3O3S. The lowest BCUT2D eigenvalue weighted by Gasteiger charge is -2.17. The Morgan fingerprint density at radius 1 is 1.53 bits per heavy atom. The summed E-state index contributed by atoms with van der Waals surface area (Å²) in [7, 11) is 0. The molecule has 0 aliphatic rings. The normalized spacial score (nSPS) is 12.8. The standard InChI is InChI=1S/C12H15N3O3S/c1-7(2)10(11(17)18)14-9(16)5-8-6-15-3-4-19-12(15)13-8/h3-4,6-7,10H,5H2,1-2H3,(H,14,16)(H,17,18)/t10-/m1/s1. The van der Waals surface area contributed by atoms with Gasteiger partial charge in [-0.2, -0.15) is 0 Å². The van der Waals surface area contributed by atoms with Gasteiger partial charge in [-0.15, -0.1) is 11.3 Å². The summed E-state index contributed by atoms with van der Waals surface area (Å²) in [5.74, 6) is -1.51. The Balaban J connectivity index is 2.00. The van der Waals surface area contributed by atoms with Crippen LogP contribution in [0.2, 0.25) is 0 Å². The number of aromatic nitrogens is 2. The molecule has 0 aliphatic carbocycles. The second-order valence-corrected chi connectivity index (χ2v) is 5.50. The molecule has 2 aromatic rings. The Bertz CT molecular complexity index is 574. The van der Waals surface area contributed by atoms with Gasteiger partial charge in [0.25, 0.3) is 0 Å². The third-order valence-corrected chi connectivity index (χ3v) is 3.50. The van der Waals surface area contributed by atoms with Crippen molar-refractivity contribution in [2.45, 2.75) is 26.3 Å². The predicted octanol–water partition coefficient (Wildman–Crippen LogP) is 1.16. The van der Waals surface area contributed by atoms with Crippen LogP contribution in [-0.4, -0.2) is 32.4 Å². The van der Waals surface area contributed by atoms with Crippen LogP contribution in [0.1, 0.15) is 19.5 Å². The number of fused-ring (bicyclic) bond motifs is 1. The number of hydrogen-bond acceptors (Lipinski definition) is 4. The van der Waals surface area contributed by atoms with E-state index < -0.39 is 12.0 Å². The highest BCUT2D eigenvalue weighted by atomic mass is 32.1. The average molecular weight is 281 g/mol. The van der Waals surface area contributed by atoms with E-state index in [1.54, 1.807) is 20.0 Å². The Morgan fingerprint density at radius 2 is 2.26 bits per heavy atom. The molecule has 0 aromatic carbocycles. The first kappa shape index (κ1) is 13.5. The Hall–Kier alpha value is -1.89. The molecule has 2 N–H and O–H groups in total. The van der Waals surface area contributed by atoms with E-state index in [1.165, 1.54) is 11.3 Å². The van der Waals surface area contributed by atoms with Gasteiger partial charge in [-0.3, -0.25) is 9.20 Å². The van der Waals surface area contributed by atoms with Crippen LogP contribution in [0, 0.1) is 5.92 Å². The molecule has 7 heteroatoms. The minimum absolute atomic E-state index is 0.0882. The monoisotopic (exact) mass is 281 g/mol. The molecule has 19 heavy (non-hydrogen) atoms. The highest BCUT2D eigenvalue weighted by Crippen LogP contribution is 2.12. The van der Waals surface area contributed by atoms with Crippen molar-refractivity contribution < 1.29 is 14.7 Å². The maximum absolute atomic E-state index is 11.8. The molecule has 0 saturated carbocycles. The fourth-order valence-electron chi connectivity index (χ4n) is 1.76. The smallest absolute Gasteiger partial charge is 0.326 e. The van der Waals surface area contributed by atoms with E-state index in [4.69, 9.17) is 5.11 Å². The van der Waals surface area contributed by atoms with Crippen LogP contribution < -0.4 is 5.32 Å². The van der Waals surface area contributed by atoms with Gasteiger partial charge < -0.3 is 10.4 Å². The summed E-state index contributed by atoms with van der Waals surface area (Å²) in [5.41, 5.74) is 0.636. The van der Waals surface area contributed by atoms with Crippen LogP contribution in [-0.2, 0) is 16.0 Å². The molecule has 0 unspecified atom stereocenters. The zero-order chi connectivity index (χ0) is 14.0. The number of imidazole rings is 1. The molecule has 2 rings (SSSR count). The number of carbonyl (C=O) groups is 2. The van der Waals surface area contributed by atoms with Crippen molar-refractivity contribution in [2.75, 3.05) is 0 Å². The number of aliphatic carboxylic acids is 1. The SMILES string of the molecule is CC(C)[C@@H](NC(=O)Cc1cn2ccsc2n1)C(=O)O. The zero-order valence-electron chi connectivity index (χ0n) is 10.7. The molecule has 102 valence electrons. The van der Waals surface area contributed by atoms with Crippen molar-refractivity contribution in [1.29, 1.82) is 0 Å². The summed E-state index contributed by atoms with van der Waals surface area (Å²) < 4.78 is 1.84. The van der Waals surface area contributed by atoms with E-state index >= 15 is 0 Å². The first-order valence-electron chi connectivity index (χ1n) is 5.90. The lowest BCUT2D eigenvalue weighted by Crippen LogP contribution is -2.44. The third kappa shape index (κ3) is 3.11. The minimum Gasteiger partial charge on any atom is -0.480 e. The summed E-state index contributed by atoms with van der Waals surface area (Å²) in [6.07, 6.45) is 3.73. The number of carboxylic acid groups (broad SMARTS) is 1. The molecule has 2 heterocycles. The van der Waals surface area contributed by atoms with Gasteiger partial charge >= 0.3 is 5.97 Å². The first-order chi connectivity index (χ1) is 8.97. The molecule has 1 amide bonds. The molecule has 0 spiro atoms. The second kappa shape index (κ2) is 5.40. The van der Waals surface area contributed by atoms with E-state index in [1.807, 2.05) is 16.0 Å². The second-order valence-electron chi connectivity index (χ2n) is 4.63. The summed E-state index contributed by atoms with van der Waals surface area (Å²) in [4.78, 5) is 27.9. The lowest BCUT2D eigenvalue weighted by molar-refractivity contribution is -0.143. The van der Waals surface area contributed by atoms with E-state index in [0.29, 0.717) is 5.69 Å². The molecule has 0 radical (unpaired) electrons. The van der Waals surface area contributed by atoms with E-state index in [0.717, 1.165) is 4.96 Å². The highest BCUT2D eigenvalue weighted by molar-refractivity contribution is 7.15. The maximum Gasteiger partial charge on any atom is 0.326 e. The van der Waals surface area contributed by atoms with Crippen LogP contribution in [0.5, 0.6) is 0 Å². The summed E-state index contributed by atoms with van der Waals surface area (Å²) in [5, 5.41) is 13.4. The van der Waals surface area contributed by atoms with Crippen LogP contribution >= 0.6 is 11.3 Å². The van der Waals surface area contributed by atoms with E-state index in [2.05, 4.69) is 10.3 Å². The van der Waals surface area contributed by atoms with E-state index in [9.17, 15) is 9.59 Å². The number of amides is 1. The van der Waals surface area contributed by atoms with Crippen molar-refractivity contribution in [2.24, 2.45) is 5.92 Å². The largest absolute Gasteiger partial charge is 0.480 e. The number of nitrogens with zero attached hydrogens (tertiary/aromatic N) is 2. The van der Waals surface area contributed by atoms with Crippen molar-refractivity contribution in [3.8, 4) is 0 Å². The Morgan fingerprint density at radius 3 is 2.84 bits per heavy atom. The van der Waals surface area contributed by atoms with Crippen molar-refractivity contribution in [3.05, 3.63) is 23.5 Å². The molecule has 2 aromatic heterocycles. The predicted molar refractivity (Wildman–Crippen MR) is 71.2 cm³/mol. The number of carboxylic acids is 1.